The van der Waals surface area contributed by atoms with Gasteiger partial charge in [-0.25, -0.2) is 4.79 Å². The van der Waals surface area contributed by atoms with Gasteiger partial charge in [0.25, 0.3) is 0 Å². The van der Waals surface area contributed by atoms with Crippen molar-refractivity contribution in [3.8, 4) is 23.3 Å². The molecule has 6 heteroatoms. The van der Waals surface area contributed by atoms with Crippen LogP contribution in [-0.4, -0.2) is 19.7 Å². The number of methoxy groups -OCH3 is 1. The highest BCUT2D eigenvalue weighted by atomic mass is 35.5. The number of carbonyl (C=O) groups excluding carboxylic acids is 1. The second-order valence-electron chi connectivity index (χ2n) is 6.16. The summed E-state index contributed by atoms with van der Waals surface area (Å²) >= 11 is 5.82. The Bertz CT molecular complexity index is 1090. The summed E-state index contributed by atoms with van der Waals surface area (Å²) in [6.07, 6.45) is 1.74. The van der Waals surface area contributed by atoms with Crippen LogP contribution in [0.1, 0.15) is 11.1 Å². The summed E-state index contributed by atoms with van der Waals surface area (Å²) < 4.78 is 16.1. The van der Waals surface area contributed by atoms with E-state index in [0.717, 1.165) is 11.1 Å². The standard InChI is InChI=1S/C24H18ClNO4/c1-28-23-14-17(13-19(15-26)18-5-3-2-4-6-18)7-12-22(23)30-24(27)16-29-21-10-8-20(25)9-11-21/h2-14H,16H2,1H3/b19-13-. The summed E-state index contributed by atoms with van der Waals surface area (Å²) in [7, 11) is 1.48. The van der Waals surface area contributed by atoms with Crippen molar-refractivity contribution in [3.05, 3.63) is 88.9 Å². The first-order valence-electron chi connectivity index (χ1n) is 9.03. The Balaban J connectivity index is 1.70. The zero-order chi connectivity index (χ0) is 21.3. The number of nitrogens with zero attached hydrogens (tertiary/aromatic N) is 1. The normalized spacial score (nSPS) is 10.8. The number of hydrogen-bond donors (Lipinski definition) is 0. The van der Waals surface area contributed by atoms with E-state index in [1.54, 1.807) is 48.5 Å². The predicted molar refractivity (Wildman–Crippen MR) is 116 cm³/mol. The first-order chi connectivity index (χ1) is 14.6. The van der Waals surface area contributed by atoms with E-state index in [1.165, 1.54) is 7.11 Å². The molecule has 0 amide bonds. The van der Waals surface area contributed by atoms with E-state index in [0.29, 0.717) is 22.1 Å². The van der Waals surface area contributed by atoms with E-state index in [2.05, 4.69) is 6.07 Å². The van der Waals surface area contributed by atoms with Crippen molar-refractivity contribution in [1.29, 1.82) is 5.26 Å². The fourth-order valence-electron chi connectivity index (χ4n) is 2.65. The molecule has 0 aromatic heterocycles. The highest BCUT2D eigenvalue weighted by Crippen LogP contribution is 2.30. The van der Waals surface area contributed by atoms with E-state index in [4.69, 9.17) is 25.8 Å². The maximum absolute atomic E-state index is 12.1. The van der Waals surface area contributed by atoms with Crippen LogP contribution >= 0.6 is 11.6 Å². The van der Waals surface area contributed by atoms with Gasteiger partial charge in [-0.3, -0.25) is 0 Å². The Morgan fingerprint density at radius 2 is 1.77 bits per heavy atom. The van der Waals surface area contributed by atoms with E-state index < -0.39 is 5.97 Å². The van der Waals surface area contributed by atoms with Crippen LogP contribution in [0.3, 0.4) is 0 Å². The summed E-state index contributed by atoms with van der Waals surface area (Å²) in [6, 6.07) is 23.3. The molecule has 0 unspecified atom stereocenters. The Labute approximate surface area is 179 Å². The van der Waals surface area contributed by atoms with Crippen LogP contribution in [0.4, 0.5) is 0 Å². The van der Waals surface area contributed by atoms with Crippen LogP contribution in [0, 0.1) is 11.3 Å². The maximum Gasteiger partial charge on any atom is 0.349 e. The van der Waals surface area contributed by atoms with Crippen LogP contribution in [0.2, 0.25) is 5.02 Å². The van der Waals surface area contributed by atoms with Gasteiger partial charge in [0.2, 0.25) is 0 Å². The minimum absolute atomic E-state index is 0.262. The minimum Gasteiger partial charge on any atom is -0.493 e. The fraction of sp³-hybridized carbons (Fsp3) is 0.0833. The monoisotopic (exact) mass is 419 g/mol. The Morgan fingerprint density at radius 1 is 1.03 bits per heavy atom. The van der Waals surface area contributed by atoms with Crippen molar-refractivity contribution >= 4 is 29.2 Å². The molecule has 150 valence electrons. The Morgan fingerprint density at radius 3 is 2.43 bits per heavy atom. The van der Waals surface area contributed by atoms with Crippen LogP contribution < -0.4 is 14.2 Å². The molecule has 0 saturated carbocycles. The molecule has 0 fully saturated rings. The first-order valence-corrected chi connectivity index (χ1v) is 9.41. The van der Waals surface area contributed by atoms with Gasteiger partial charge in [-0.15, -0.1) is 0 Å². The summed E-state index contributed by atoms with van der Waals surface area (Å²) in [5.74, 6) is 0.564. The first kappa shape index (κ1) is 21.0. The van der Waals surface area contributed by atoms with Crippen molar-refractivity contribution < 1.29 is 19.0 Å². The highest BCUT2D eigenvalue weighted by molar-refractivity contribution is 6.30. The molecular weight excluding hydrogens is 402 g/mol. The molecule has 3 aromatic rings. The number of halogens is 1. The summed E-state index contributed by atoms with van der Waals surface area (Å²) in [5, 5.41) is 10.0. The van der Waals surface area contributed by atoms with E-state index in [1.807, 2.05) is 30.3 Å². The molecule has 0 aliphatic rings. The van der Waals surface area contributed by atoms with E-state index in [9.17, 15) is 10.1 Å². The second kappa shape index (κ2) is 10.1. The summed E-state index contributed by atoms with van der Waals surface area (Å²) in [6.45, 7) is -0.265. The Kier molecular flexibility index (Phi) is 7.09. The lowest BCUT2D eigenvalue weighted by Crippen LogP contribution is -2.18. The lowest BCUT2D eigenvalue weighted by atomic mass is 10.0. The largest absolute Gasteiger partial charge is 0.493 e. The van der Waals surface area contributed by atoms with E-state index >= 15 is 0 Å². The number of benzene rings is 3. The highest BCUT2D eigenvalue weighted by Gasteiger charge is 2.12. The van der Waals surface area contributed by atoms with Crippen LogP contribution in [0.15, 0.2) is 72.8 Å². The van der Waals surface area contributed by atoms with Crippen LogP contribution in [0.25, 0.3) is 11.6 Å². The van der Waals surface area contributed by atoms with Gasteiger partial charge < -0.3 is 14.2 Å². The predicted octanol–water partition coefficient (Wildman–Crippen LogP) is 5.40. The third-order valence-electron chi connectivity index (χ3n) is 4.10. The summed E-state index contributed by atoms with van der Waals surface area (Å²) in [4.78, 5) is 12.1. The smallest absolute Gasteiger partial charge is 0.349 e. The third-order valence-corrected chi connectivity index (χ3v) is 4.35. The third kappa shape index (κ3) is 5.63. The SMILES string of the molecule is COc1cc(/C=C(/C#N)c2ccccc2)ccc1OC(=O)COc1ccc(Cl)cc1. The van der Waals surface area contributed by atoms with Gasteiger partial charge in [-0.05, 0) is 53.6 Å². The average molecular weight is 420 g/mol. The lowest BCUT2D eigenvalue weighted by Gasteiger charge is -2.11. The number of carbonyl (C=O) groups is 1. The number of allylic oxidation sites excluding steroid dienone is 1. The van der Waals surface area contributed by atoms with Crippen LogP contribution in [-0.2, 0) is 4.79 Å². The Hall–Kier alpha value is -3.75. The van der Waals surface area contributed by atoms with Gasteiger partial charge in [0, 0.05) is 5.02 Å². The molecule has 0 radical (unpaired) electrons. The zero-order valence-electron chi connectivity index (χ0n) is 16.2. The number of nitriles is 1. The average Bonchev–Trinajstić information content (AvgIpc) is 2.78. The topological polar surface area (TPSA) is 68.5 Å². The van der Waals surface area contributed by atoms with Crippen LogP contribution in [0.5, 0.6) is 17.2 Å². The molecule has 3 rings (SSSR count). The molecular formula is C24H18ClNO4. The quantitative estimate of drug-likeness (QED) is 0.222. The molecule has 5 nitrogen and oxygen atoms in total. The van der Waals surface area contributed by atoms with Crippen molar-refractivity contribution in [1.82, 2.24) is 0 Å². The van der Waals surface area contributed by atoms with Crippen molar-refractivity contribution in [3.63, 3.8) is 0 Å². The van der Waals surface area contributed by atoms with Gasteiger partial charge in [0.15, 0.2) is 18.1 Å². The molecule has 0 aliphatic carbocycles. The number of hydrogen-bond acceptors (Lipinski definition) is 5. The van der Waals surface area contributed by atoms with Gasteiger partial charge in [0.1, 0.15) is 5.75 Å². The maximum atomic E-state index is 12.1. The van der Waals surface area contributed by atoms with Crippen molar-refractivity contribution in [2.75, 3.05) is 13.7 Å². The van der Waals surface area contributed by atoms with E-state index in [-0.39, 0.29) is 12.4 Å². The molecule has 0 spiro atoms. The zero-order valence-corrected chi connectivity index (χ0v) is 16.9. The molecule has 30 heavy (non-hydrogen) atoms. The molecule has 0 saturated heterocycles. The molecule has 0 bridgehead atoms. The molecule has 0 atom stereocenters. The minimum atomic E-state index is -0.575. The lowest BCUT2D eigenvalue weighted by molar-refractivity contribution is -0.136. The van der Waals surface area contributed by atoms with Gasteiger partial charge in [-0.2, -0.15) is 5.26 Å². The molecule has 0 N–H and O–H groups in total. The van der Waals surface area contributed by atoms with Crippen molar-refractivity contribution in [2.45, 2.75) is 0 Å². The van der Waals surface area contributed by atoms with Crippen molar-refractivity contribution in [2.24, 2.45) is 0 Å². The molecule has 0 aliphatic heterocycles. The van der Waals surface area contributed by atoms with Gasteiger partial charge in [0.05, 0.1) is 18.8 Å². The second-order valence-corrected chi connectivity index (χ2v) is 6.60. The number of rotatable bonds is 7. The summed E-state index contributed by atoms with van der Waals surface area (Å²) in [5.41, 5.74) is 2.07. The number of esters is 1. The van der Waals surface area contributed by atoms with Gasteiger partial charge >= 0.3 is 5.97 Å². The number of ether oxygens (including phenoxy) is 3. The molecule has 0 heterocycles. The molecule has 3 aromatic carbocycles. The fourth-order valence-corrected chi connectivity index (χ4v) is 2.77. The van der Waals surface area contributed by atoms with Gasteiger partial charge in [-0.1, -0.05) is 48.0 Å².